The average Bonchev–Trinajstić information content (AvgIpc) is 2.99. The van der Waals surface area contributed by atoms with E-state index in [0.29, 0.717) is 11.4 Å². The highest BCUT2D eigenvalue weighted by molar-refractivity contribution is 5.99. The topological polar surface area (TPSA) is 57.8 Å². The Morgan fingerprint density at radius 3 is 2.62 bits per heavy atom. The Hall–Kier alpha value is -3.53. The van der Waals surface area contributed by atoms with E-state index in [1.807, 2.05) is 42.5 Å². The number of aromatic hydroxyl groups is 1. The van der Waals surface area contributed by atoms with E-state index in [2.05, 4.69) is 29.4 Å². The van der Waals surface area contributed by atoms with Crippen LogP contribution in [0.2, 0.25) is 0 Å². The third-order valence-corrected chi connectivity index (χ3v) is 4.12. The van der Waals surface area contributed by atoms with Crippen LogP contribution >= 0.6 is 0 Å². The molecule has 0 aliphatic rings. The summed E-state index contributed by atoms with van der Waals surface area (Å²) >= 11 is 0. The second-order valence-corrected chi connectivity index (χ2v) is 6.09. The molecule has 0 saturated carbocycles. The monoisotopic (exact) mass is 342 g/mol. The number of para-hydroxylation sites is 2. The van der Waals surface area contributed by atoms with Crippen LogP contribution in [0.4, 0.5) is 17.3 Å². The van der Waals surface area contributed by atoms with Gasteiger partial charge in [-0.15, -0.1) is 0 Å². The minimum Gasteiger partial charge on any atom is -0.507 e. The summed E-state index contributed by atoms with van der Waals surface area (Å²) in [5, 5.41) is 14.3. The van der Waals surface area contributed by atoms with Gasteiger partial charge >= 0.3 is 0 Å². The van der Waals surface area contributed by atoms with Gasteiger partial charge in [-0.25, -0.2) is 4.99 Å². The summed E-state index contributed by atoms with van der Waals surface area (Å²) in [4.78, 5) is 4.48. The Morgan fingerprint density at radius 1 is 0.962 bits per heavy atom. The third kappa shape index (κ3) is 3.17. The second-order valence-electron chi connectivity index (χ2n) is 6.09. The number of rotatable bonds is 4. The highest BCUT2D eigenvalue weighted by Crippen LogP contribution is 2.39. The van der Waals surface area contributed by atoms with Gasteiger partial charge in [0.1, 0.15) is 17.0 Å². The van der Waals surface area contributed by atoms with Crippen LogP contribution in [0.5, 0.6) is 5.75 Å². The number of aryl methyl sites for hydroxylation is 1. The molecule has 0 aliphatic heterocycles. The molecule has 4 nitrogen and oxygen atoms in total. The summed E-state index contributed by atoms with van der Waals surface area (Å²) in [7, 11) is 0. The van der Waals surface area contributed by atoms with E-state index < -0.39 is 0 Å². The Bertz CT molecular complexity index is 1100. The van der Waals surface area contributed by atoms with Crippen molar-refractivity contribution in [1.29, 1.82) is 0 Å². The van der Waals surface area contributed by atoms with E-state index in [9.17, 15) is 5.11 Å². The van der Waals surface area contributed by atoms with E-state index in [1.165, 1.54) is 5.56 Å². The van der Waals surface area contributed by atoms with Crippen LogP contribution in [0.1, 0.15) is 11.1 Å². The number of phenolic OH excluding ortho intramolecular Hbond substituents is 1. The SMILES string of the molecule is Cc1cccc(Nc2c(N=Cc3ccccc3O)oc3ccccc23)c1. The van der Waals surface area contributed by atoms with Crippen molar-refractivity contribution in [3.63, 3.8) is 0 Å². The summed E-state index contributed by atoms with van der Waals surface area (Å²) < 4.78 is 5.92. The van der Waals surface area contributed by atoms with Gasteiger partial charge in [0.15, 0.2) is 0 Å². The van der Waals surface area contributed by atoms with Crippen molar-refractivity contribution >= 4 is 34.4 Å². The van der Waals surface area contributed by atoms with Crippen molar-refractivity contribution in [2.45, 2.75) is 6.92 Å². The summed E-state index contributed by atoms with van der Waals surface area (Å²) in [6.07, 6.45) is 1.61. The largest absolute Gasteiger partial charge is 0.507 e. The van der Waals surface area contributed by atoms with Crippen LogP contribution in [0.3, 0.4) is 0 Å². The number of anilines is 2. The molecule has 1 heterocycles. The lowest BCUT2D eigenvalue weighted by Gasteiger charge is -2.06. The predicted molar refractivity (Wildman–Crippen MR) is 106 cm³/mol. The maximum Gasteiger partial charge on any atom is 0.244 e. The van der Waals surface area contributed by atoms with E-state index in [1.54, 1.807) is 24.4 Å². The maximum absolute atomic E-state index is 9.93. The quantitative estimate of drug-likeness (QED) is 0.451. The number of nitrogens with one attached hydrogen (secondary N) is 1. The van der Waals surface area contributed by atoms with E-state index in [-0.39, 0.29) is 5.75 Å². The molecule has 0 unspecified atom stereocenters. The molecule has 0 amide bonds. The fraction of sp³-hybridized carbons (Fsp3) is 0.0455. The smallest absolute Gasteiger partial charge is 0.244 e. The van der Waals surface area contributed by atoms with E-state index in [4.69, 9.17) is 4.42 Å². The van der Waals surface area contributed by atoms with Crippen molar-refractivity contribution in [2.24, 2.45) is 4.99 Å². The van der Waals surface area contributed by atoms with Crippen LogP contribution in [0.25, 0.3) is 11.0 Å². The molecule has 4 aromatic rings. The molecule has 0 aliphatic carbocycles. The molecule has 128 valence electrons. The lowest BCUT2D eigenvalue weighted by Crippen LogP contribution is -1.90. The van der Waals surface area contributed by atoms with Crippen molar-refractivity contribution in [1.82, 2.24) is 0 Å². The zero-order chi connectivity index (χ0) is 17.9. The molecule has 4 heteroatoms. The highest BCUT2D eigenvalue weighted by Gasteiger charge is 2.13. The lowest BCUT2D eigenvalue weighted by molar-refractivity contribution is 0.474. The number of benzene rings is 3. The molecule has 0 radical (unpaired) electrons. The number of furan rings is 1. The first kappa shape index (κ1) is 16.0. The normalized spacial score (nSPS) is 11.3. The zero-order valence-corrected chi connectivity index (χ0v) is 14.3. The number of nitrogens with zero attached hydrogens (tertiary/aromatic N) is 1. The molecular weight excluding hydrogens is 324 g/mol. The van der Waals surface area contributed by atoms with Crippen LogP contribution in [0.15, 0.2) is 82.2 Å². The van der Waals surface area contributed by atoms with Gasteiger partial charge in [-0.05, 0) is 48.9 Å². The molecule has 0 bridgehead atoms. The molecule has 4 rings (SSSR count). The van der Waals surface area contributed by atoms with Crippen LogP contribution in [-0.2, 0) is 0 Å². The molecule has 1 aromatic heterocycles. The van der Waals surface area contributed by atoms with Crippen molar-refractivity contribution in [3.8, 4) is 5.75 Å². The summed E-state index contributed by atoms with van der Waals surface area (Å²) in [5.74, 6) is 0.650. The van der Waals surface area contributed by atoms with Crippen LogP contribution in [0, 0.1) is 6.92 Å². The van der Waals surface area contributed by atoms with E-state index >= 15 is 0 Å². The average molecular weight is 342 g/mol. The molecule has 2 N–H and O–H groups in total. The molecule has 3 aromatic carbocycles. The van der Waals surface area contributed by atoms with Gasteiger partial charge in [-0.2, -0.15) is 0 Å². The minimum atomic E-state index is 0.181. The first-order valence-corrected chi connectivity index (χ1v) is 8.38. The van der Waals surface area contributed by atoms with Crippen molar-refractivity contribution < 1.29 is 9.52 Å². The fourth-order valence-electron chi connectivity index (χ4n) is 2.84. The van der Waals surface area contributed by atoms with Gasteiger partial charge in [0.2, 0.25) is 5.88 Å². The Labute approximate surface area is 151 Å². The summed E-state index contributed by atoms with van der Waals surface area (Å²) in [6.45, 7) is 2.05. The summed E-state index contributed by atoms with van der Waals surface area (Å²) in [6, 6.07) is 23.0. The number of phenols is 1. The molecule has 26 heavy (non-hydrogen) atoms. The Morgan fingerprint density at radius 2 is 1.77 bits per heavy atom. The van der Waals surface area contributed by atoms with Gasteiger partial charge in [-0.1, -0.05) is 36.4 Å². The van der Waals surface area contributed by atoms with E-state index in [0.717, 1.165) is 22.3 Å². The predicted octanol–water partition coefficient (Wildman–Crippen LogP) is 5.94. The molecule has 0 fully saturated rings. The Balaban J connectivity index is 1.78. The van der Waals surface area contributed by atoms with Gasteiger partial charge in [-0.3, -0.25) is 0 Å². The standard InChI is InChI=1S/C22H18N2O2/c1-15-7-6-9-17(13-15)24-21-18-10-3-5-12-20(18)26-22(21)23-14-16-8-2-4-11-19(16)25/h2-14,24-25H,1H3. The molecular formula is C22H18N2O2. The van der Waals surface area contributed by atoms with Gasteiger partial charge in [0.25, 0.3) is 0 Å². The van der Waals surface area contributed by atoms with Crippen LogP contribution in [-0.4, -0.2) is 11.3 Å². The zero-order valence-electron chi connectivity index (χ0n) is 14.3. The number of hydrogen-bond acceptors (Lipinski definition) is 4. The molecule has 0 spiro atoms. The third-order valence-electron chi connectivity index (χ3n) is 4.12. The van der Waals surface area contributed by atoms with Crippen molar-refractivity contribution in [3.05, 3.63) is 83.9 Å². The van der Waals surface area contributed by atoms with Crippen LogP contribution < -0.4 is 5.32 Å². The Kier molecular flexibility index (Phi) is 4.15. The number of hydrogen-bond donors (Lipinski definition) is 2. The van der Waals surface area contributed by atoms with Crippen molar-refractivity contribution in [2.75, 3.05) is 5.32 Å². The molecule has 0 saturated heterocycles. The number of fused-ring (bicyclic) bond motifs is 1. The molecule has 0 atom stereocenters. The summed E-state index contributed by atoms with van der Waals surface area (Å²) in [5.41, 5.74) is 4.33. The fourth-order valence-corrected chi connectivity index (χ4v) is 2.84. The van der Waals surface area contributed by atoms with Gasteiger partial charge < -0.3 is 14.8 Å². The lowest BCUT2D eigenvalue weighted by atomic mass is 10.2. The van der Waals surface area contributed by atoms with Gasteiger partial charge in [0.05, 0.1) is 0 Å². The maximum atomic E-state index is 9.93. The number of aliphatic imine (C=N–C) groups is 1. The van der Waals surface area contributed by atoms with Gasteiger partial charge in [0, 0.05) is 22.9 Å². The highest BCUT2D eigenvalue weighted by atomic mass is 16.3. The minimum absolute atomic E-state index is 0.181. The second kappa shape index (κ2) is 6.76. The first-order chi connectivity index (χ1) is 12.7. The first-order valence-electron chi connectivity index (χ1n) is 8.38.